The third-order valence-electron chi connectivity index (χ3n) is 7.52. The molecule has 4 rings (SSSR count). The number of carbonyl (C=O) groups excluding carboxylic acids is 4. The molecule has 3 aliphatic rings. The summed E-state index contributed by atoms with van der Waals surface area (Å²) in [6, 6.07) is 1.66. The number of benzene rings is 1. The highest BCUT2D eigenvalue weighted by Crippen LogP contribution is 2.59. The van der Waals surface area contributed by atoms with E-state index in [1.54, 1.807) is 26.0 Å². The van der Waals surface area contributed by atoms with Crippen molar-refractivity contribution in [3.63, 3.8) is 0 Å². The van der Waals surface area contributed by atoms with Gasteiger partial charge in [0, 0.05) is 28.7 Å². The molecule has 0 aromatic heterocycles. The molecule has 1 aliphatic carbocycles. The molecule has 0 fully saturated rings. The Morgan fingerprint density at radius 3 is 2.41 bits per heavy atom. The number of rotatable bonds is 5. The molecular formula is C27H30O10. The second-order valence-electron chi connectivity index (χ2n) is 9.45. The highest BCUT2D eigenvalue weighted by atomic mass is 16.7. The molecule has 0 radical (unpaired) electrons. The lowest BCUT2D eigenvalue weighted by Crippen LogP contribution is -2.47. The lowest BCUT2D eigenvalue weighted by Gasteiger charge is -2.39. The molecule has 0 saturated carbocycles. The van der Waals surface area contributed by atoms with Crippen molar-refractivity contribution < 1.29 is 47.6 Å². The Morgan fingerprint density at radius 1 is 1.03 bits per heavy atom. The quantitative estimate of drug-likeness (QED) is 0.251. The average molecular weight is 515 g/mol. The summed E-state index contributed by atoms with van der Waals surface area (Å²) >= 11 is 0. The molecule has 4 atom stereocenters. The van der Waals surface area contributed by atoms with Gasteiger partial charge in [-0.2, -0.15) is 0 Å². The van der Waals surface area contributed by atoms with Gasteiger partial charge in [-0.25, -0.2) is 14.4 Å². The van der Waals surface area contributed by atoms with Crippen LogP contribution in [-0.4, -0.2) is 51.3 Å². The summed E-state index contributed by atoms with van der Waals surface area (Å²) in [7, 11) is 2.33. The zero-order chi connectivity index (χ0) is 27.1. The Kier molecular flexibility index (Phi) is 7.03. The monoisotopic (exact) mass is 514 g/mol. The Bertz CT molecular complexity index is 1230. The SMILES string of the molecule is C/C=C(/C)C(=O)O[C@H]1c2cc3c(c4c2C(C(=O)C(=O)OC)(CO4)C(=CC(=O)OC)C[C@@H](C)[C@H]1C)OCO3. The number of esters is 3. The number of carbonyl (C=O) groups is 4. The second kappa shape index (κ2) is 9.91. The second-order valence-corrected chi connectivity index (χ2v) is 9.45. The maximum Gasteiger partial charge on any atom is 0.375 e. The average Bonchev–Trinajstić information content (AvgIpc) is 3.53. The zero-order valence-electron chi connectivity index (χ0n) is 21.7. The fourth-order valence-corrected chi connectivity index (χ4v) is 5.10. The summed E-state index contributed by atoms with van der Waals surface area (Å²) in [4.78, 5) is 52.0. The molecule has 0 amide bonds. The number of fused-ring (bicyclic) bond motifs is 2. The third kappa shape index (κ3) is 4.14. The van der Waals surface area contributed by atoms with E-state index in [4.69, 9.17) is 28.4 Å². The maximum atomic E-state index is 13.9. The first-order valence-corrected chi connectivity index (χ1v) is 12.0. The number of hydrogen-bond acceptors (Lipinski definition) is 10. The number of ketones is 1. The zero-order valence-corrected chi connectivity index (χ0v) is 21.7. The molecule has 0 bridgehead atoms. The van der Waals surface area contributed by atoms with Crippen LogP contribution in [0.4, 0.5) is 0 Å². The summed E-state index contributed by atoms with van der Waals surface area (Å²) in [6.45, 7) is 6.86. The number of Topliss-reactive ketones (excluding diaryl/α,β-unsaturated/α-hetero) is 1. The van der Waals surface area contributed by atoms with Crippen molar-refractivity contribution in [3.05, 3.63) is 40.5 Å². The Balaban J connectivity index is 2.08. The van der Waals surface area contributed by atoms with Crippen LogP contribution in [0.25, 0.3) is 0 Å². The molecule has 0 N–H and O–H groups in total. The van der Waals surface area contributed by atoms with E-state index in [2.05, 4.69) is 0 Å². The molecule has 37 heavy (non-hydrogen) atoms. The Morgan fingerprint density at radius 2 is 1.76 bits per heavy atom. The van der Waals surface area contributed by atoms with Gasteiger partial charge in [0.05, 0.1) is 14.2 Å². The highest BCUT2D eigenvalue weighted by Gasteiger charge is 2.58. The lowest BCUT2D eigenvalue weighted by atomic mass is 9.63. The van der Waals surface area contributed by atoms with Gasteiger partial charge in [0.1, 0.15) is 18.1 Å². The molecule has 2 heterocycles. The molecule has 1 aromatic rings. The van der Waals surface area contributed by atoms with E-state index in [0.717, 1.165) is 7.11 Å². The van der Waals surface area contributed by atoms with Crippen molar-refractivity contribution in [2.75, 3.05) is 27.6 Å². The van der Waals surface area contributed by atoms with E-state index >= 15 is 0 Å². The molecule has 1 aromatic carbocycles. The van der Waals surface area contributed by atoms with Crippen molar-refractivity contribution in [1.29, 1.82) is 0 Å². The van der Waals surface area contributed by atoms with Gasteiger partial charge in [-0.05, 0) is 37.8 Å². The van der Waals surface area contributed by atoms with Crippen LogP contribution in [0.5, 0.6) is 17.2 Å². The number of allylic oxidation sites excluding steroid dienone is 1. The number of ether oxygens (including phenoxy) is 6. The summed E-state index contributed by atoms with van der Waals surface area (Å²) in [6.07, 6.45) is 2.26. The minimum Gasteiger partial charge on any atom is -0.487 e. The van der Waals surface area contributed by atoms with Crippen LogP contribution in [-0.2, 0) is 38.8 Å². The molecule has 10 heteroatoms. The lowest BCUT2D eigenvalue weighted by molar-refractivity contribution is -0.154. The first-order chi connectivity index (χ1) is 17.6. The summed E-state index contributed by atoms with van der Waals surface area (Å²) < 4.78 is 33.1. The highest BCUT2D eigenvalue weighted by molar-refractivity contribution is 6.38. The minimum atomic E-state index is -1.73. The van der Waals surface area contributed by atoms with Gasteiger partial charge in [-0.1, -0.05) is 19.9 Å². The van der Waals surface area contributed by atoms with Crippen LogP contribution in [0.2, 0.25) is 0 Å². The molecule has 2 aliphatic heterocycles. The van der Waals surface area contributed by atoms with E-state index in [-0.39, 0.29) is 48.7 Å². The van der Waals surface area contributed by atoms with E-state index in [1.165, 1.54) is 13.2 Å². The molecule has 198 valence electrons. The standard InChI is InChI=1S/C27H30O10/c1-7-13(2)25(30)37-21-15(4)14(3)8-16(9-19(28)32-5)27(24(29)26(31)33-6)11-34-23-20(27)17(21)10-18-22(23)36-12-35-18/h7,9-10,14-15,21H,8,11-12H2,1-6H3/b13-7-,16-9?/t14-,15-,21-,27?/m1/s1. The van der Waals surface area contributed by atoms with E-state index in [9.17, 15) is 19.2 Å². The molecule has 10 nitrogen and oxygen atoms in total. The Labute approximate surface area is 214 Å². The summed E-state index contributed by atoms with van der Waals surface area (Å²) in [5.41, 5.74) is -0.263. The number of methoxy groups -OCH3 is 2. The topological polar surface area (TPSA) is 124 Å². The van der Waals surface area contributed by atoms with Crippen molar-refractivity contribution in [1.82, 2.24) is 0 Å². The first kappa shape index (κ1) is 26.2. The van der Waals surface area contributed by atoms with Crippen LogP contribution in [0.3, 0.4) is 0 Å². The van der Waals surface area contributed by atoms with Gasteiger partial charge < -0.3 is 28.4 Å². The molecule has 0 spiro atoms. The van der Waals surface area contributed by atoms with Crippen LogP contribution < -0.4 is 14.2 Å². The van der Waals surface area contributed by atoms with E-state index in [1.807, 2.05) is 13.8 Å². The minimum absolute atomic E-state index is 0.0779. The molecule has 1 unspecified atom stereocenters. The van der Waals surface area contributed by atoms with Crippen LogP contribution in [0.1, 0.15) is 51.3 Å². The van der Waals surface area contributed by atoms with E-state index < -0.39 is 35.2 Å². The molecule has 0 saturated heterocycles. The largest absolute Gasteiger partial charge is 0.487 e. The van der Waals surface area contributed by atoms with Crippen molar-refractivity contribution >= 4 is 23.7 Å². The van der Waals surface area contributed by atoms with Gasteiger partial charge in [0.25, 0.3) is 5.78 Å². The van der Waals surface area contributed by atoms with Gasteiger partial charge in [-0.15, -0.1) is 0 Å². The van der Waals surface area contributed by atoms with Gasteiger partial charge in [-0.3, -0.25) is 4.79 Å². The predicted octanol–water partition coefficient (Wildman–Crippen LogP) is 3.11. The summed E-state index contributed by atoms with van der Waals surface area (Å²) in [5.74, 6) is -2.87. The third-order valence-corrected chi connectivity index (χ3v) is 7.52. The van der Waals surface area contributed by atoms with E-state index in [0.29, 0.717) is 22.5 Å². The van der Waals surface area contributed by atoms with Gasteiger partial charge >= 0.3 is 17.9 Å². The fourth-order valence-electron chi connectivity index (χ4n) is 5.10. The van der Waals surface area contributed by atoms with Gasteiger partial charge in [0.15, 0.2) is 11.5 Å². The van der Waals surface area contributed by atoms with Crippen LogP contribution >= 0.6 is 0 Å². The smallest absolute Gasteiger partial charge is 0.375 e. The maximum absolute atomic E-state index is 13.9. The predicted molar refractivity (Wildman–Crippen MR) is 128 cm³/mol. The van der Waals surface area contributed by atoms with Crippen molar-refractivity contribution in [2.45, 2.75) is 45.6 Å². The Hall–Kier alpha value is -3.82. The van der Waals surface area contributed by atoms with Gasteiger partial charge in [0.2, 0.25) is 12.5 Å². The van der Waals surface area contributed by atoms with Crippen molar-refractivity contribution in [3.8, 4) is 17.2 Å². The molecular weight excluding hydrogens is 484 g/mol. The first-order valence-electron chi connectivity index (χ1n) is 12.0. The normalized spacial score (nSPS) is 26.9. The van der Waals surface area contributed by atoms with Crippen molar-refractivity contribution in [2.24, 2.45) is 11.8 Å². The number of hydrogen-bond donors (Lipinski definition) is 0. The fraction of sp³-hybridized carbons (Fsp3) is 0.481. The summed E-state index contributed by atoms with van der Waals surface area (Å²) in [5, 5.41) is 0. The van der Waals surface area contributed by atoms with Crippen LogP contribution in [0.15, 0.2) is 29.4 Å². The van der Waals surface area contributed by atoms with Crippen LogP contribution in [0, 0.1) is 11.8 Å².